The van der Waals surface area contributed by atoms with Crippen molar-refractivity contribution in [2.24, 2.45) is 0 Å². The van der Waals surface area contributed by atoms with Gasteiger partial charge in [-0.05, 0) is 25.8 Å². The first-order valence-corrected chi connectivity index (χ1v) is 12.0. The molecule has 0 radical (unpaired) electrons. The second-order valence-electron chi connectivity index (χ2n) is 8.26. The van der Waals surface area contributed by atoms with Crippen LogP contribution in [0.2, 0.25) is 0 Å². The van der Waals surface area contributed by atoms with Gasteiger partial charge in [-0.2, -0.15) is 0 Å². The molecule has 1 unspecified atom stereocenters. The molecule has 1 N–H and O–H groups in total. The number of ketones is 1. The highest BCUT2D eigenvalue weighted by Crippen LogP contribution is 2.32. The average Bonchev–Trinajstić information content (AvgIpc) is 3.29. The third kappa shape index (κ3) is 5.24. The molecule has 2 aromatic rings. The highest BCUT2D eigenvalue weighted by molar-refractivity contribution is 7.14. The number of nitrogens with zero attached hydrogens (tertiary/aromatic N) is 3. The summed E-state index contributed by atoms with van der Waals surface area (Å²) in [6, 6.07) is 9.08. The van der Waals surface area contributed by atoms with Crippen LogP contribution in [-0.4, -0.2) is 77.0 Å². The zero-order valence-corrected chi connectivity index (χ0v) is 19.8. The fraction of sp³-hybridized carbons (Fsp3) is 0.400. The summed E-state index contributed by atoms with van der Waals surface area (Å²) < 4.78 is 5.40. The highest BCUT2D eigenvalue weighted by atomic mass is 32.1. The lowest BCUT2D eigenvalue weighted by Crippen LogP contribution is -2.40. The van der Waals surface area contributed by atoms with Crippen LogP contribution in [0.3, 0.4) is 0 Å². The maximum Gasteiger partial charge on any atom is 0.289 e. The lowest BCUT2D eigenvalue weighted by Gasteiger charge is -2.28. The first-order valence-electron chi connectivity index (χ1n) is 11.2. The molecule has 0 aliphatic carbocycles. The van der Waals surface area contributed by atoms with Gasteiger partial charge in [0.2, 0.25) is 5.78 Å². The van der Waals surface area contributed by atoms with Crippen molar-refractivity contribution in [3.63, 3.8) is 0 Å². The topological polar surface area (TPSA) is 83.0 Å². The largest absolute Gasteiger partial charge is 0.503 e. The monoisotopic (exact) mass is 467 g/mol. The van der Waals surface area contributed by atoms with Crippen LogP contribution in [-0.2, 0) is 9.53 Å². The summed E-state index contributed by atoms with van der Waals surface area (Å²) in [5.41, 5.74) is 1.71. The van der Waals surface area contributed by atoms with Gasteiger partial charge in [-0.15, -0.1) is 11.3 Å². The van der Waals surface area contributed by atoms with Gasteiger partial charge < -0.3 is 14.7 Å². The third-order valence-electron chi connectivity index (χ3n) is 5.95. The molecule has 4 rings (SSSR count). The van der Waals surface area contributed by atoms with Crippen LogP contribution in [0, 0.1) is 13.8 Å². The molecule has 8 heteroatoms. The van der Waals surface area contributed by atoms with E-state index >= 15 is 0 Å². The minimum Gasteiger partial charge on any atom is -0.503 e. The number of thiazole rings is 1. The number of rotatable bonds is 8. The molecule has 1 saturated heterocycles. The first-order chi connectivity index (χ1) is 16.0. The number of carbonyl (C=O) groups is 2. The molecule has 1 fully saturated rings. The quantitative estimate of drug-likeness (QED) is 0.599. The maximum absolute atomic E-state index is 13.4. The van der Waals surface area contributed by atoms with Crippen LogP contribution in [0.1, 0.15) is 32.4 Å². The molecule has 2 aliphatic heterocycles. The molecular formula is C25H29N3O4S. The number of Topliss-reactive ketones (excluding diaryl/α,β-unsaturated/α-hetero) is 1. The zero-order valence-electron chi connectivity index (χ0n) is 19.0. The van der Waals surface area contributed by atoms with Crippen molar-refractivity contribution in [2.75, 3.05) is 39.4 Å². The van der Waals surface area contributed by atoms with Crippen LogP contribution in [0.4, 0.5) is 0 Å². The van der Waals surface area contributed by atoms with E-state index < -0.39 is 17.7 Å². The lowest BCUT2D eigenvalue weighted by molar-refractivity contribution is -0.128. The zero-order chi connectivity index (χ0) is 23.4. The minimum atomic E-state index is -0.628. The number of hydrogen-bond acceptors (Lipinski definition) is 7. The molecule has 0 saturated carbocycles. The molecule has 7 nitrogen and oxygen atoms in total. The van der Waals surface area contributed by atoms with E-state index in [1.165, 1.54) is 11.3 Å². The Hall–Kier alpha value is -2.81. The number of hydrogen-bond donors (Lipinski definition) is 1. The molecule has 1 atom stereocenters. The van der Waals surface area contributed by atoms with Crippen molar-refractivity contribution < 1.29 is 19.4 Å². The summed E-state index contributed by atoms with van der Waals surface area (Å²) in [4.78, 5) is 35.2. The number of amides is 1. The Balaban J connectivity index is 1.58. The van der Waals surface area contributed by atoms with E-state index in [4.69, 9.17) is 4.74 Å². The number of aromatic nitrogens is 1. The average molecular weight is 468 g/mol. The van der Waals surface area contributed by atoms with Crippen LogP contribution in [0.5, 0.6) is 0 Å². The van der Waals surface area contributed by atoms with Crippen molar-refractivity contribution in [3.05, 3.63) is 68.9 Å². The van der Waals surface area contributed by atoms with Gasteiger partial charge in [-0.3, -0.25) is 14.5 Å². The normalized spacial score (nSPS) is 19.8. The van der Waals surface area contributed by atoms with E-state index in [0.29, 0.717) is 17.1 Å². The number of benzene rings is 1. The van der Waals surface area contributed by atoms with Gasteiger partial charge in [-0.1, -0.05) is 42.5 Å². The minimum absolute atomic E-state index is 0.130. The Kier molecular flexibility index (Phi) is 7.37. The molecule has 1 amide bonds. The van der Waals surface area contributed by atoms with Crippen molar-refractivity contribution >= 4 is 29.1 Å². The Bertz CT molecular complexity index is 1070. The molecule has 1 aromatic heterocycles. The van der Waals surface area contributed by atoms with Crippen molar-refractivity contribution in [1.82, 2.24) is 14.8 Å². The first kappa shape index (κ1) is 23.4. The fourth-order valence-corrected chi connectivity index (χ4v) is 5.15. The Labute approximate surface area is 198 Å². The second kappa shape index (κ2) is 10.4. The molecule has 2 aliphatic rings. The van der Waals surface area contributed by atoms with Gasteiger partial charge in [0.25, 0.3) is 5.91 Å². The third-order valence-corrected chi connectivity index (χ3v) is 7.02. The number of morpholine rings is 1. The van der Waals surface area contributed by atoms with E-state index in [9.17, 15) is 14.7 Å². The predicted molar refractivity (Wildman–Crippen MR) is 128 cm³/mol. The van der Waals surface area contributed by atoms with E-state index in [-0.39, 0.29) is 11.4 Å². The predicted octanol–water partition coefficient (Wildman–Crippen LogP) is 3.40. The number of carbonyl (C=O) groups excluding carboxylic acids is 2. The molecule has 0 bridgehead atoms. The van der Waals surface area contributed by atoms with Crippen molar-refractivity contribution in [3.8, 4) is 0 Å². The van der Waals surface area contributed by atoms with Crippen molar-refractivity contribution in [2.45, 2.75) is 26.3 Å². The molecule has 33 heavy (non-hydrogen) atoms. The SMILES string of the molecule is Cc1nc(C)c(C(=O)C2=C(O)C(=O)N(CCCN3CCOCC3)C2C=Cc2ccccc2)s1. The van der Waals surface area contributed by atoms with E-state index in [1.807, 2.05) is 49.4 Å². The number of aliphatic hydroxyl groups is 1. The van der Waals surface area contributed by atoms with Crippen LogP contribution >= 0.6 is 11.3 Å². The van der Waals surface area contributed by atoms with Gasteiger partial charge in [0, 0.05) is 26.2 Å². The van der Waals surface area contributed by atoms with E-state index in [0.717, 1.165) is 49.8 Å². The maximum atomic E-state index is 13.4. The number of ether oxygens (including phenoxy) is 1. The number of aryl methyl sites for hydroxylation is 2. The summed E-state index contributed by atoms with van der Waals surface area (Å²) >= 11 is 1.29. The van der Waals surface area contributed by atoms with E-state index in [2.05, 4.69) is 9.88 Å². The molecular weight excluding hydrogens is 438 g/mol. The summed E-state index contributed by atoms with van der Waals surface area (Å²) in [5, 5.41) is 11.5. The second-order valence-corrected chi connectivity index (χ2v) is 9.46. The highest BCUT2D eigenvalue weighted by Gasteiger charge is 2.42. The smallest absolute Gasteiger partial charge is 0.289 e. The van der Waals surface area contributed by atoms with Gasteiger partial charge in [-0.25, -0.2) is 4.98 Å². The summed E-state index contributed by atoms with van der Waals surface area (Å²) in [6.07, 6.45) is 4.47. The van der Waals surface area contributed by atoms with Crippen LogP contribution in [0.25, 0.3) is 6.08 Å². The molecule has 3 heterocycles. The van der Waals surface area contributed by atoms with Gasteiger partial charge in [0.15, 0.2) is 5.76 Å². The van der Waals surface area contributed by atoms with Gasteiger partial charge in [0.05, 0.1) is 40.4 Å². The summed E-state index contributed by atoms with van der Waals surface area (Å²) in [5.74, 6) is -1.29. The Morgan fingerprint density at radius 3 is 2.61 bits per heavy atom. The van der Waals surface area contributed by atoms with E-state index in [1.54, 1.807) is 11.8 Å². The van der Waals surface area contributed by atoms with Gasteiger partial charge >= 0.3 is 0 Å². The fourth-order valence-electron chi connectivity index (χ4n) is 4.28. The standard InChI is InChI=1S/C25H29N3O4S/c1-17-24(33-18(2)26-17)22(29)21-20(10-9-19-7-4-3-5-8-19)28(25(31)23(21)30)12-6-11-27-13-15-32-16-14-27/h3-5,7-10,20,30H,6,11-16H2,1-2H3. The molecule has 0 spiro atoms. The molecule has 174 valence electrons. The lowest BCUT2D eigenvalue weighted by atomic mass is 10.00. The summed E-state index contributed by atoms with van der Waals surface area (Å²) in [7, 11) is 0. The number of aliphatic hydroxyl groups excluding tert-OH is 1. The summed E-state index contributed by atoms with van der Waals surface area (Å²) in [6.45, 7) is 8.10. The van der Waals surface area contributed by atoms with Gasteiger partial charge in [0.1, 0.15) is 0 Å². The van der Waals surface area contributed by atoms with Crippen LogP contribution in [0.15, 0.2) is 47.7 Å². The van der Waals surface area contributed by atoms with Crippen LogP contribution < -0.4 is 0 Å². The van der Waals surface area contributed by atoms with Crippen molar-refractivity contribution in [1.29, 1.82) is 0 Å². The Morgan fingerprint density at radius 1 is 1.21 bits per heavy atom. The Morgan fingerprint density at radius 2 is 1.94 bits per heavy atom. The molecule has 1 aromatic carbocycles.